The van der Waals surface area contributed by atoms with Gasteiger partial charge >= 0.3 is 5.97 Å². The van der Waals surface area contributed by atoms with Gasteiger partial charge in [0.15, 0.2) is 0 Å². The highest BCUT2D eigenvalue weighted by molar-refractivity contribution is 7.09. The monoisotopic (exact) mass is 255 g/mol. The van der Waals surface area contributed by atoms with E-state index < -0.39 is 0 Å². The predicted octanol–water partition coefficient (Wildman–Crippen LogP) is 2.57. The van der Waals surface area contributed by atoms with E-state index >= 15 is 0 Å². The fraction of sp³-hybridized carbons (Fsp3) is 0.615. The summed E-state index contributed by atoms with van der Waals surface area (Å²) in [7, 11) is 0. The number of thiophene rings is 1. The Morgan fingerprint density at radius 2 is 2.24 bits per heavy atom. The van der Waals surface area contributed by atoms with Crippen LogP contribution in [0.1, 0.15) is 25.1 Å². The van der Waals surface area contributed by atoms with Gasteiger partial charge in [0.1, 0.15) is 0 Å². The van der Waals surface area contributed by atoms with Gasteiger partial charge in [-0.15, -0.1) is 11.3 Å². The molecule has 1 aromatic heterocycles. The van der Waals surface area contributed by atoms with Crippen LogP contribution < -0.4 is 0 Å². The molecule has 3 nitrogen and oxygen atoms in total. The van der Waals surface area contributed by atoms with Crippen molar-refractivity contribution in [2.75, 3.05) is 26.2 Å². The molecule has 0 fully saturated rings. The molecule has 0 N–H and O–H groups in total. The van der Waals surface area contributed by atoms with Crippen molar-refractivity contribution in [3.05, 3.63) is 22.4 Å². The van der Waals surface area contributed by atoms with Gasteiger partial charge in [-0.1, -0.05) is 13.0 Å². The lowest BCUT2D eigenvalue weighted by Gasteiger charge is -2.20. The summed E-state index contributed by atoms with van der Waals surface area (Å²) in [5.41, 5.74) is 0. The van der Waals surface area contributed by atoms with Gasteiger partial charge in [0.2, 0.25) is 0 Å². The quantitative estimate of drug-likeness (QED) is 0.669. The lowest BCUT2D eigenvalue weighted by atomic mass is 10.3. The van der Waals surface area contributed by atoms with Crippen LogP contribution >= 0.6 is 11.3 Å². The van der Waals surface area contributed by atoms with Gasteiger partial charge < -0.3 is 4.74 Å². The van der Waals surface area contributed by atoms with Crippen molar-refractivity contribution in [1.29, 1.82) is 0 Å². The van der Waals surface area contributed by atoms with E-state index in [0.717, 1.165) is 25.9 Å². The van der Waals surface area contributed by atoms with E-state index in [4.69, 9.17) is 4.74 Å². The van der Waals surface area contributed by atoms with Crippen LogP contribution in [0.2, 0.25) is 0 Å². The smallest absolute Gasteiger partial charge is 0.320 e. The molecule has 0 aliphatic heterocycles. The number of esters is 1. The molecule has 0 spiro atoms. The molecule has 0 bridgehead atoms. The average molecular weight is 255 g/mol. The van der Waals surface area contributed by atoms with E-state index in [1.165, 1.54) is 4.88 Å². The SMILES string of the molecule is CCCN(CCc1cccs1)CC(=O)OCC. The molecule has 96 valence electrons. The summed E-state index contributed by atoms with van der Waals surface area (Å²) in [4.78, 5) is 15.0. The van der Waals surface area contributed by atoms with Crippen LogP contribution in [-0.4, -0.2) is 37.1 Å². The van der Waals surface area contributed by atoms with Crippen molar-refractivity contribution in [2.45, 2.75) is 26.7 Å². The standard InChI is InChI=1S/C13H21NO2S/c1-3-8-14(11-13(15)16-4-2)9-7-12-6-5-10-17-12/h5-6,10H,3-4,7-9,11H2,1-2H3. The summed E-state index contributed by atoms with van der Waals surface area (Å²) in [6, 6.07) is 4.20. The van der Waals surface area contributed by atoms with Crippen LogP contribution in [0.15, 0.2) is 17.5 Å². The molecular weight excluding hydrogens is 234 g/mol. The third-order valence-corrected chi connectivity index (χ3v) is 3.39. The van der Waals surface area contributed by atoms with Gasteiger partial charge in [-0.2, -0.15) is 0 Å². The molecule has 17 heavy (non-hydrogen) atoms. The number of carbonyl (C=O) groups excluding carboxylic acids is 1. The summed E-state index contributed by atoms with van der Waals surface area (Å²) in [6.45, 7) is 6.71. The topological polar surface area (TPSA) is 29.5 Å². The maximum Gasteiger partial charge on any atom is 0.320 e. The summed E-state index contributed by atoms with van der Waals surface area (Å²) in [5, 5.41) is 2.09. The highest BCUT2D eigenvalue weighted by atomic mass is 32.1. The third-order valence-electron chi connectivity index (χ3n) is 2.45. The Morgan fingerprint density at radius 3 is 2.82 bits per heavy atom. The maximum atomic E-state index is 11.4. The van der Waals surface area contributed by atoms with Crippen LogP contribution in [0.3, 0.4) is 0 Å². The van der Waals surface area contributed by atoms with Crippen LogP contribution in [0.4, 0.5) is 0 Å². The molecule has 1 heterocycles. The Morgan fingerprint density at radius 1 is 1.41 bits per heavy atom. The summed E-state index contributed by atoms with van der Waals surface area (Å²) in [6.07, 6.45) is 2.07. The molecule has 4 heteroatoms. The molecule has 0 aliphatic rings. The molecule has 0 amide bonds. The van der Waals surface area contributed by atoms with Crippen molar-refractivity contribution in [3.63, 3.8) is 0 Å². The maximum absolute atomic E-state index is 11.4. The first-order chi connectivity index (χ1) is 8.26. The fourth-order valence-corrected chi connectivity index (χ4v) is 2.40. The first-order valence-corrected chi connectivity index (χ1v) is 7.04. The number of nitrogens with zero attached hydrogens (tertiary/aromatic N) is 1. The van der Waals surface area contributed by atoms with Gasteiger partial charge in [0, 0.05) is 11.4 Å². The van der Waals surface area contributed by atoms with E-state index in [0.29, 0.717) is 13.2 Å². The molecule has 0 unspecified atom stereocenters. The molecule has 1 aromatic rings. The van der Waals surface area contributed by atoms with Gasteiger partial charge in [-0.3, -0.25) is 9.69 Å². The summed E-state index contributed by atoms with van der Waals surface area (Å²) >= 11 is 1.77. The minimum Gasteiger partial charge on any atom is -0.465 e. The normalized spacial score (nSPS) is 10.8. The second-order valence-electron chi connectivity index (χ2n) is 3.91. The Labute approximate surface area is 107 Å². The predicted molar refractivity (Wildman–Crippen MR) is 71.4 cm³/mol. The zero-order chi connectivity index (χ0) is 12.5. The zero-order valence-corrected chi connectivity index (χ0v) is 11.5. The lowest BCUT2D eigenvalue weighted by Crippen LogP contribution is -2.33. The van der Waals surface area contributed by atoms with Crippen LogP contribution in [0.25, 0.3) is 0 Å². The molecule has 0 atom stereocenters. The first kappa shape index (κ1) is 14.2. The van der Waals surface area contributed by atoms with Gasteiger partial charge in [0.25, 0.3) is 0 Å². The molecule has 0 saturated carbocycles. The van der Waals surface area contributed by atoms with E-state index in [-0.39, 0.29) is 5.97 Å². The third kappa shape index (κ3) is 5.84. The summed E-state index contributed by atoms with van der Waals surface area (Å²) < 4.78 is 4.98. The Balaban J connectivity index is 2.34. The largest absolute Gasteiger partial charge is 0.465 e. The highest BCUT2D eigenvalue weighted by Crippen LogP contribution is 2.10. The van der Waals surface area contributed by atoms with Gasteiger partial charge in [-0.05, 0) is 37.8 Å². The van der Waals surface area contributed by atoms with Crippen molar-refractivity contribution in [1.82, 2.24) is 4.90 Å². The fourth-order valence-electron chi connectivity index (χ4n) is 1.70. The van der Waals surface area contributed by atoms with Gasteiger partial charge in [-0.25, -0.2) is 0 Å². The van der Waals surface area contributed by atoms with Crippen molar-refractivity contribution in [3.8, 4) is 0 Å². The lowest BCUT2D eigenvalue weighted by molar-refractivity contribution is -0.144. The first-order valence-electron chi connectivity index (χ1n) is 6.16. The van der Waals surface area contributed by atoms with E-state index in [2.05, 4.69) is 29.3 Å². The van der Waals surface area contributed by atoms with E-state index in [1.54, 1.807) is 11.3 Å². The zero-order valence-electron chi connectivity index (χ0n) is 10.6. The molecule has 0 radical (unpaired) electrons. The average Bonchev–Trinajstić information content (AvgIpc) is 2.79. The van der Waals surface area contributed by atoms with Crippen molar-refractivity contribution < 1.29 is 9.53 Å². The van der Waals surface area contributed by atoms with Gasteiger partial charge in [0.05, 0.1) is 13.2 Å². The molecule has 0 aliphatic carbocycles. The second kappa shape index (κ2) is 8.25. The number of rotatable bonds is 8. The van der Waals surface area contributed by atoms with E-state index in [1.807, 2.05) is 6.92 Å². The number of hydrogen-bond donors (Lipinski definition) is 0. The Hall–Kier alpha value is -0.870. The van der Waals surface area contributed by atoms with Crippen molar-refractivity contribution in [2.24, 2.45) is 0 Å². The van der Waals surface area contributed by atoms with Crippen LogP contribution in [0, 0.1) is 0 Å². The number of hydrogen-bond acceptors (Lipinski definition) is 4. The Kier molecular flexibility index (Phi) is 6.89. The molecule has 0 aromatic carbocycles. The number of carbonyl (C=O) groups is 1. The highest BCUT2D eigenvalue weighted by Gasteiger charge is 2.10. The van der Waals surface area contributed by atoms with E-state index in [9.17, 15) is 4.79 Å². The number of ether oxygens (including phenoxy) is 1. The molecule has 1 rings (SSSR count). The van der Waals surface area contributed by atoms with Crippen LogP contribution in [-0.2, 0) is 16.0 Å². The molecule has 0 saturated heterocycles. The molecular formula is C13H21NO2S. The minimum absolute atomic E-state index is 0.118. The summed E-state index contributed by atoms with van der Waals surface area (Å²) in [5.74, 6) is -0.118. The van der Waals surface area contributed by atoms with Crippen molar-refractivity contribution >= 4 is 17.3 Å². The minimum atomic E-state index is -0.118. The van der Waals surface area contributed by atoms with Crippen LogP contribution in [0.5, 0.6) is 0 Å². The second-order valence-corrected chi connectivity index (χ2v) is 4.94. The Bertz CT molecular complexity index is 311.